The lowest BCUT2D eigenvalue weighted by atomic mass is 9.95. The van der Waals surface area contributed by atoms with Crippen molar-refractivity contribution in [2.24, 2.45) is 5.41 Å². The molecule has 2 aromatic rings. The number of Topliss-reactive ketones (excluding diaryl/α,β-unsaturated/α-hetero) is 2. The van der Waals surface area contributed by atoms with Crippen LogP contribution in [0.5, 0.6) is 0 Å². The summed E-state index contributed by atoms with van der Waals surface area (Å²) in [5.74, 6) is -1.43. The standard InChI is InChI=1S/C23H28N2O5/c1-12-18(14(3)26)13(2)24-19(12)20(27)15(4)30-21(28)16-9-8-10-17(11-16)25-22(29)23(5,6)7/h8-11,15,24H,1-7H3,(H,25,29). The highest BCUT2D eigenvalue weighted by molar-refractivity contribution is 6.05. The minimum Gasteiger partial charge on any atom is -0.451 e. The number of nitrogens with one attached hydrogen (secondary N) is 2. The number of anilines is 1. The van der Waals surface area contributed by atoms with E-state index in [9.17, 15) is 19.2 Å². The van der Waals surface area contributed by atoms with E-state index in [0.29, 0.717) is 22.5 Å². The molecule has 1 unspecified atom stereocenters. The van der Waals surface area contributed by atoms with Gasteiger partial charge < -0.3 is 15.0 Å². The molecule has 7 heteroatoms. The first-order valence-electron chi connectivity index (χ1n) is 9.69. The van der Waals surface area contributed by atoms with Crippen LogP contribution in [0.25, 0.3) is 0 Å². The Balaban J connectivity index is 2.15. The minimum absolute atomic E-state index is 0.140. The first-order chi connectivity index (χ1) is 13.8. The third-order valence-electron chi connectivity index (χ3n) is 4.73. The number of hydrogen-bond acceptors (Lipinski definition) is 5. The van der Waals surface area contributed by atoms with Crippen molar-refractivity contribution in [1.29, 1.82) is 0 Å². The van der Waals surface area contributed by atoms with Gasteiger partial charge in [0.2, 0.25) is 11.7 Å². The van der Waals surface area contributed by atoms with E-state index in [-0.39, 0.29) is 22.9 Å². The van der Waals surface area contributed by atoms with Gasteiger partial charge in [0.1, 0.15) is 0 Å². The number of ether oxygens (including phenoxy) is 1. The minimum atomic E-state index is -1.05. The van der Waals surface area contributed by atoms with Gasteiger partial charge in [-0.25, -0.2) is 4.79 Å². The van der Waals surface area contributed by atoms with E-state index in [1.165, 1.54) is 19.9 Å². The summed E-state index contributed by atoms with van der Waals surface area (Å²) < 4.78 is 5.34. The third kappa shape index (κ3) is 5.03. The molecule has 0 aliphatic heterocycles. The van der Waals surface area contributed by atoms with E-state index >= 15 is 0 Å². The van der Waals surface area contributed by atoms with Gasteiger partial charge in [0.25, 0.3) is 0 Å². The molecule has 0 saturated carbocycles. The number of carbonyl (C=O) groups excluding carboxylic acids is 4. The molecule has 0 aliphatic carbocycles. The number of esters is 1. The van der Waals surface area contributed by atoms with Crippen molar-refractivity contribution < 1.29 is 23.9 Å². The third-order valence-corrected chi connectivity index (χ3v) is 4.73. The molecule has 1 aromatic carbocycles. The largest absolute Gasteiger partial charge is 0.451 e. The van der Waals surface area contributed by atoms with Gasteiger partial charge in [-0.15, -0.1) is 0 Å². The molecular weight excluding hydrogens is 384 g/mol. The number of aromatic nitrogens is 1. The smallest absolute Gasteiger partial charge is 0.338 e. The van der Waals surface area contributed by atoms with Crippen molar-refractivity contribution in [1.82, 2.24) is 4.98 Å². The van der Waals surface area contributed by atoms with Gasteiger partial charge in [0, 0.05) is 22.4 Å². The number of hydrogen-bond donors (Lipinski definition) is 2. The van der Waals surface area contributed by atoms with Crippen LogP contribution in [0.1, 0.15) is 77.1 Å². The Morgan fingerprint density at radius 2 is 1.73 bits per heavy atom. The van der Waals surface area contributed by atoms with Crippen LogP contribution in [-0.2, 0) is 9.53 Å². The van der Waals surface area contributed by atoms with Crippen LogP contribution in [0.3, 0.4) is 0 Å². The highest BCUT2D eigenvalue weighted by Crippen LogP contribution is 2.22. The van der Waals surface area contributed by atoms with Crippen molar-refractivity contribution in [2.75, 3.05) is 5.32 Å². The van der Waals surface area contributed by atoms with Crippen LogP contribution in [0.4, 0.5) is 5.69 Å². The number of carbonyl (C=O) groups is 4. The van der Waals surface area contributed by atoms with Gasteiger partial charge in [0.05, 0.1) is 11.3 Å². The van der Waals surface area contributed by atoms with E-state index in [4.69, 9.17) is 4.74 Å². The summed E-state index contributed by atoms with van der Waals surface area (Å²) >= 11 is 0. The van der Waals surface area contributed by atoms with Gasteiger partial charge in [-0.1, -0.05) is 26.8 Å². The zero-order valence-corrected chi connectivity index (χ0v) is 18.4. The Labute approximate surface area is 176 Å². The average Bonchev–Trinajstić information content (AvgIpc) is 2.94. The summed E-state index contributed by atoms with van der Waals surface area (Å²) in [5, 5.41) is 2.76. The molecule has 0 radical (unpaired) electrons. The average molecular weight is 412 g/mol. The van der Waals surface area contributed by atoms with E-state index in [1.807, 2.05) is 0 Å². The zero-order chi connectivity index (χ0) is 22.8. The lowest BCUT2D eigenvalue weighted by molar-refractivity contribution is -0.123. The summed E-state index contributed by atoms with van der Waals surface area (Å²) in [5.41, 5.74) is 1.96. The van der Waals surface area contributed by atoms with Crippen LogP contribution in [0, 0.1) is 19.3 Å². The molecule has 7 nitrogen and oxygen atoms in total. The van der Waals surface area contributed by atoms with Crippen LogP contribution >= 0.6 is 0 Å². The zero-order valence-electron chi connectivity index (χ0n) is 18.4. The molecule has 1 atom stereocenters. The van der Waals surface area contributed by atoms with E-state index in [1.54, 1.807) is 52.8 Å². The van der Waals surface area contributed by atoms with Crippen LogP contribution in [-0.4, -0.2) is 34.5 Å². The summed E-state index contributed by atoms with van der Waals surface area (Å²) in [6, 6.07) is 6.34. The molecule has 0 fully saturated rings. The quantitative estimate of drug-likeness (QED) is 0.545. The summed E-state index contributed by atoms with van der Waals surface area (Å²) in [6.07, 6.45) is -1.05. The number of aryl methyl sites for hydroxylation is 1. The number of benzene rings is 1. The van der Waals surface area contributed by atoms with Gasteiger partial charge in [0.15, 0.2) is 11.9 Å². The summed E-state index contributed by atoms with van der Waals surface area (Å²) in [7, 11) is 0. The molecule has 160 valence electrons. The van der Waals surface area contributed by atoms with E-state index in [2.05, 4.69) is 10.3 Å². The maximum Gasteiger partial charge on any atom is 0.338 e. The molecule has 0 spiro atoms. The normalized spacial score (nSPS) is 12.2. The molecule has 1 aromatic heterocycles. The Morgan fingerprint density at radius 3 is 2.27 bits per heavy atom. The molecule has 2 rings (SSSR count). The van der Waals surface area contributed by atoms with Crippen molar-refractivity contribution in [3.05, 3.63) is 52.3 Å². The van der Waals surface area contributed by atoms with Gasteiger partial charge >= 0.3 is 5.97 Å². The molecule has 0 bridgehead atoms. The van der Waals surface area contributed by atoms with Gasteiger partial charge in [-0.2, -0.15) is 0 Å². The molecule has 1 amide bonds. The molecular formula is C23H28N2O5. The Kier molecular flexibility index (Phi) is 6.65. The summed E-state index contributed by atoms with van der Waals surface area (Å²) in [4.78, 5) is 52.2. The highest BCUT2D eigenvalue weighted by Gasteiger charge is 2.27. The van der Waals surface area contributed by atoms with Gasteiger partial charge in [-0.05, 0) is 51.5 Å². The number of rotatable bonds is 6. The predicted molar refractivity (Wildman–Crippen MR) is 114 cm³/mol. The van der Waals surface area contributed by atoms with Crippen LogP contribution < -0.4 is 5.32 Å². The number of amides is 1. The topological polar surface area (TPSA) is 105 Å². The van der Waals surface area contributed by atoms with Crippen molar-refractivity contribution in [3.8, 4) is 0 Å². The second-order valence-electron chi connectivity index (χ2n) is 8.38. The van der Waals surface area contributed by atoms with Crippen molar-refractivity contribution in [2.45, 2.75) is 54.6 Å². The Morgan fingerprint density at radius 1 is 1.10 bits per heavy atom. The molecule has 1 heterocycles. The second-order valence-corrected chi connectivity index (χ2v) is 8.38. The lowest BCUT2D eigenvalue weighted by Gasteiger charge is -2.18. The summed E-state index contributed by atoms with van der Waals surface area (Å²) in [6.45, 7) is 11.7. The van der Waals surface area contributed by atoms with Crippen molar-refractivity contribution in [3.63, 3.8) is 0 Å². The molecule has 0 saturated heterocycles. The Hall–Kier alpha value is -3.22. The maximum absolute atomic E-state index is 12.8. The maximum atomic E-state index is 12.8. The van der Waals surface area contributed by atoms with E-state index in [0.717, 1.165) is 0 Å². The molecule has 30 heavy (non-hydrogen) atoms. The predicted octanol–water partition coefficient (Wildman–Crippen LogP) is 4.25. The first-order valence-corrected chi connectivity index (χ1v) is 9.69. The molecule has 0 aliphatic rings. The monoisotopic (exact) mass is 412 g/mol. The van der Waals surface area contributed by atoms with Crippen LogP contribution in [0.15, 0.2) is 24.3 Å². The van der Waals surface area contributed by atoms with Crippen LogP contribution in [0.2, 0.25) is 0 Å². The van der Waals surface area contributed by atoms with Crippen molar-refractivity contribution >= 4 is 29.1 Å². The molecule has 2 N–H and O–H groups in total. The highest BCUT2D eigenvalue weighted by atomic mass is 16.5. The second kappa shape index (κ2) is 8.65. The Bertz CT molecular complexity index is 1010. The van der Waals surface area contributed by atoms with E-state index < -0.39 is 23.3 Å². The lowest BCUT2D eigenvalue weighted by Crippen LogP contribution is -2.28. The fourth-order valence-corrected chi connectivity index (χ4v) is 3.05. The first kappa shape index (κ1) is 23.1. The van der Waals surface area contributed by atoms with Gasteiger partial charge in [-0.3, -0.25) is 14.4 Å². The number of aromatic amines is 1. The fraction of sp³-hybridized carbons (Fsp3) is 0.391. The number of ketones is 2. The SMILES string of the molecule is CC(=O)c1c(C)[nH]c(C(=O)C(C)OC(=O)c2cccc(NC(=O)C(C)(C)C)c2)c1C. The fourth-order valence-electron chi connectivity index (χ4n) is 3.05. The number of H-pyrrole nitrogens is 1.